The number of nitrogens with one attached hydrogen (secondary N) is 1. The Morgan fingerprint density at radius 2 is 1.83 bits per heavy atom. The van der Waals surface area contributed by atoms with Crippen LogP contribution in [0.1, 0.15) is 37.2 Å². The second-order valence-corrected chi connectivity index (χ2v) is 6.78. The van der Waals surface area contributed by atoms with Gasteiger partial charge in [-0.2, -0.15) is 5.10 Å². The van der Waals surface area contributed by atoms with Crippen LogP contribution in [0.2, 0.25) is 0 Å². The third-order valence-corrected chi connectivity index (χ3v) is 4.64. The van der Waals surface area contributed by atoms with Crippen LogP contribution in [-0.2, 0) is 7.05 Å². The zero-order valence-electron chi connectivity index (χ0n) is 14.9. The Balaban J connectivity index is 1.66. The molecule has 0 amide bonds. The van der Waals surface area contributed by atoms with Crippen molar-refractivity contribution >= 4 is 16.9 Å². The summed E-state index contributed by atoms with van der Waals surface area (Å²) in [5, 5.41) is 19.1. The van der Waals surface area contributed by atoms with Crippen molar-refractivity contribution < 1.29 is 5.11 Å². The highest BCUT2D eigenvalue weighted by Crippen LogP contribution is 2.23. The minimum atomic E-state index is -0.412. The molecule has 1 atom stereocenters. The highest BCUT2D eigenvalue weighted by Gasteiger charge is 2.17. The van der Waals surface area contributed by atoms with E-state index in [0.29, 0.717) is 18.9 Å². The summed E-state index contributed by atoms with van der Waals surface area (Å²) >= 11 is 0. The highest BCUT2D eigenvalue weighted by atomic mass is 16.3. The minimum absolute atomic E-state index is 0.412. The fourth-order valence-electron chi connectivity index (χ4n) is 3.47. The van der Waals surface area contributed by atoms with E-state index in [-0.39, 0.29) is 0 Å². The van der Waals surface area contributed by atoms with E-state index in [1.54, 1.807) is 4.68 Å². The van der Waals surface area contributed by atoms with Crippen molar-refractivity contribution in [2.45, 2.75) is 45.6 Å². The number of aliphatic hydroxyl groups is 1. The number of nitrogens with zero attached hydrogens (tertiary/aromatic N) is 5. The van der Waals surface area contributed by atoms with E-state index >= 15 is 0 Å². The van der Waals surface area contributed by atoms with Crippen LogP contribution in [0.5, 0.6) is 0 Å². The quantitative estimate of drug-likeness (QED) is 0.866. The molecule has 0 radical (unpaired) electrons. The van der Waals surface area contributed by atoms with Gasteiger partial charge in [-0.25, -0.2) is 9.97 Å². The molecular weight excluding hydrogens is 304 g/mol. The van der Waals surface area contributed by atoms with Crippen LogP contribution in [0.25, 0.3) is 11.0 Å². The summed E-state index contributed by atoms with van der Waals surface area (Å²) in [5.41, 5.74) is 1.72. The van der Waals surface area contributed by atoms with Gasteiger partial charge in [0.05, 0.1) is 17.2 Å². The van der Waals surface area contributed by atoms with Crippen molar-refractivity contribution in [3.05, 3.63) is 11.5 Å². The number of β-amino-alcohol motifs (C(OH)–C–C–N with tert-alkyl or cyclic N) is 1. The summed E-state index contributed by atoms with van der Waals surface area (Å²) in [6.45, 7) is 7.22. The molecule has 132 valence electrons. The second-order valence-electron chi connectivity index (χ2n) is 6.78. The fourth-order valence-corrected chi connectivity index (χ4v) is 3.47. The van der Waals surface area contributed by atoms with E-state index in [2.05, 4.69) is 25.3 Å². The lowest BCUT2D eigenvalue weighted by molar-refractivity contribution is 0.124. The number of aliphatic hydroxyl groups excluding tert-OH is 1. The van der Waals surface area contributed by atoms with Crippen LogP contribution in [0.15, 0.2) is 0 Å². The van der Waals surface area contributed by atoms with Crippen LogP contribution in [0.4, 0.5) is 5.82 Å². The molecule has 1 aliphatic heterocycles. The van der Waals surface area contributed by atoms with Gasteiger partial charge in [0.1, 0.15) is 11.6 Å². The van der Waals surface area contributed by atoms with Crippen molar-refractivity contribution in [1.29, 1.82) is 0 Å². The number of hydrogen-bond acceptors (Lipinski definition) is 6. The van der Waals surface area contributed by atoms with Gasteiger partial charge in [0.25, 0.3) is 0 Å². The number of likely N-dealkylation sites (tertiary alicyclic amines) is 1. The summed E-state index contributed by atoms with van der Waals surface area (Å²) in [7, 11) is 1.89. The van der Waals surface area contributed by atoms with E-state index < -0.39 is 6.10 Å². The summed E-state index contributed by atoms with van der Waals surface area (Å²) in [4.78, 5) is 11.3. The molecule has 1 fully saturated rings. The smallest absolute Gasteiger partial charge is 0.163 e. The average Bonchev–Trinajstić information content (AvgIpc) is 2.71. The molecule has 1 saturated heterocycles. The van der Waals surface area contributed by atoms with Crippen LogP contribution < -0.4 is 5.32 Å². The number of aryl methyl sites for hydroxylation is 3. The van der Waals surface area contributed by atoms with Crippen molar-refractivity contribution in [3.63, 3.8) is 0 Å². The summed E-state index contributed by atoms with van der Waals surface area (Å²) in [6.07, 6.45) is 4.68. The van der Waals surface area contributed by atoms with Gasteiger partial charge in [-0.15, -0.1) is 0 Å². The first-order chi connectivity index (χ1) is 11.5. The maximum Gasteiger partial charge on any atom is 0.163 e. The lowest BCUT2D eigenvalue weighted by Crippen LogP contribution is -2.36. The van der Waals surface area contributed by atoms with E-state index in [0.717, 1.165) is 35.6 Å². The molecule has 3 heterocycles. The van der Waals surface area contributed by atoms with Crippen molar-refractivity contribution in [1.82, 2.24) is 24.6 Å². The first-order valence-corrected chi connectivity index (χ1v) is 8.87. The third kappa shape index (κ3) is 3.84. The molecule has 7 heteroatoms. The first kappa shape index (κ1) is 17.1. The molecular formula is C17H28N6O. The predicted molar refractivity (Wildman–Crippen MR) is 95.2 cm³/mol. The molecule has 0 spiro atoms. The topological polar surface area (TPSA) is 79.1 Å². The Morgan fingerprint density at radius 1 is 1.12 bits per heavy atom. The van der Waals surface area contributed by atoms with Crippen molar-refractivity contribution in [2.24, 2.45) is 7.05 Å². The maximum absolute atomic E-state index is 10.4. The van der Waals surface area contributed by atoms with Gasteiger partial charge in [-0.05, 0) is 39.8 Å². The number of anilines is 1. The number of fused-ring (bicyclic) bond motifs is 1. The van der Waals surface area contributed by atoms with Crippen LogP contribution in [-0.4, -0.2) is 62.0 Å². The zero-order valence-corrected chi connectivity index (χ0v) is 14.9. The summed E-state index contributed by atoms with van der Waals surface area (Å²) in [5.74, 6) is 1.47. The summed E-state index contributed by atoms with van der Waals surface area (Å²) < 4.78 is 1.78. The maximum atomic E-state index is 10.4. The summed E-state index contributed by atoms with van der Waals surface area (Å²) in [6, 6.07) is 0. The second kappa shape index (κ2) is 7.44. The minimum Gasteiger partial charge on any atom is -0.390 e. The zero-order chi connectivity index (χ0) is 17.1. The van der Waals surface area contributed by atoms with Gasteiger partial charge < -0.3 is 15.3 Å². The molecule has 0 aromatic carbocycles. The molecule has 0 bridgehead atoms. The van der Waals surface area contributed by atoms with Crippen LogP contribution in [0.3, 0.4) is 0 Å². The van der Waals surface area contributed by atoms with Crippen molar-refractivity contribution in [2.75, 3.05) is 31.5 Å². The van der Waals surface area contributed by atoms with E-state index in [1.165, 1.54) is 25.7 Å². The standard InChI is InChI=1S/C17H28N6O/c1-12-15-16(19-13(2)20-17(15)22(3)21-12)18-10-14(24)11-23-8-6-4-5-7-9-23/h14,24H,4-11H2,1-3H3,(H,18,19,20)/t14-/m0/s1. The molecule has 0 unspecified atom stereocenters. The van der Waals surface area contributed by atoms with Gasteiger partial charge in [0.15, 0.2) is 5.65 Å². The first-order valence-electron chi connectivity index (χ1n) is 8.87. The Hall–Kier alpha value is -1.73. The van der Waals surface area contributed by atoms with Gasteiger partial charge in [0.2, 0.25) is 0 Å². The number of hydrogen-bond donors (Lipinski definition) is 2. The molecule has 2 N–H and O–H groups in total. The van der Waals surface area contributed by atoms with Crippen LogP contribution >= 0.6 is 0 Å². The third-order valence-electron chi connectivity index (χ3n) is 4.64. The monoisotopic (exact) mass is 332 g/mol. The van der Waals surface area contributed by atoms with Crippen LogP contribution in [0, 0.1) is 13.8 Å². The molecule has 1 aliphatic rings. The molecule has 7 nitrogen and oxygen atoms in total. The molecule has 0 saturated carbocycles. The van der Waals surface area contributed by atoms with Crippen molar-refractivity contribution in [3.8, 4) is 0 Å². The Morgan fingerprint density at radius 3 is 2.54 bits per heavy atom. The van der Waals surface area contributed by atoms with Gasteiger partial charge in [-0.3, -0.25) is 4.68 Å². The Labute approximate surface area is 143 Å². The molecule has 2 aromatic rings. The fraction of sp³-hybridized carbons (Fsp3) is 0.706. The molecule has 2 aromatic heterocycles. The largest absolute Gasteiger partial charge is 0.390 e. The van der Waals surface area contributed by atoms with Gasteiger partial charge >= 0.3 is 0 Å². The van der Waals surface area contributed by atoms with E-state index in [9.17, 15) is 5.11 Å². The Bertz CT molecular complexity index is 690. The Kier molecular flexibility index (Phi) is 5.30. The SMILES string of the molecule is Cc1nc(NC[C@H](O)CN2CCCCCC2)c2c(C)nn(C)c2n1. The molecule has 3 rings (SSSR count). The number of rotatable bonds is 5. The molecule has 0 aliphatic carbocycles. The lowest BCUT2D eigenvalue weighted by atomic mass is 10.2. The van der Waals surface area contributed by atoms with E-state index in [1.807, 2.05) is 20.9 Å². The normalized spacial score (nSPS) is 17.8. The van der Waals surface area contributed by atoms with E-state index in [4.69, 9.17) is 0 Å². The highest BCUT2D eigenvalue weighted by molar-refractivity contribution is 5.89. The van der Waals surface area contributed by atoms with Gasteiger partial charge in [-0.1, -0.05) is 12.8 Å². The molecule has 24 heavy (non-hydrogen) atoms. The number of aromatic nitrogens is 4. The predicted octanol–water partition coefficient (Wildman–Crippen LogP) is 1.63. The van der Waals surface area contributed by atoms with Gasteiger partial charge in [0, 0.05) is 20.1 Å². The lowest BCUT2D eigenvalue weighted by Gasteiger charge is -2.23. The average molecular weight is 332 g/mol.